The van der Waals surface area contributed by atoms with Crippen LogP contribution in [0.3, 0.4) is 0 Å². The van der Waals surface area contributed by atoms with Crippen LogP contribution in [0.15, 0.2) is 28.8 Å². The monoisotopic (exact) mass is 218 g/mol. The molecule has 0 fully saturated rings. The molecule has 2 heteroatoms. The van der Waals surface area contributed by atoms with E-state index in [1.807, 2.05) is 12.3 Å². The molecular formula is C14H22N2. The van der Waals surface area contributed by atoms with Gasteiger partial charge >= 0.3 is 0 Å². The molecule has 0 saturated carbocycles. The summed E-state index contributed by atoms with van der Waals surface area (Å²) in [6.45, 7) is 3.47. The second-order valence-electron chi connectivity index (χ2n) is 4.84. The molecule has 2 rings (SSSR count). The fraction of sp³-hybridized carbons (Fsp3) is 0.643. The van der Waals surface area contributed by atoms with Crippen LogP contribution in [-0.2, 0) is 0 Å². The van der Waals surface area contributed by atoms with Crippen molar-refractivity contribution in [1.82, 2.24) is 4.90 Å². The van der Waals surface area contributed by atoms with Gasteiger partial charge in [0, 0.05) is 12.3 Å². The third-order valence-corrected chi connectivity index (χ3v) is 3.63. The van der Waals surface area contributed by atoms with Crippen molar-refractivity contribution in [3.63, 3.8) is 0 Å². The van der Waals surface area contributed by atoms with Crippen molar-refractivity contribution in [1.29, 1.82) is 0 Å². The Bertz CT molecular complexity index is 315. The summed E-state index contributed by atoms with van der Waals surface area (Å²) in [5, 5.41) is 0. The number of hydrogen-bond acceptors (Lipinski definition) is 2. The van der Waals surface area contributed by atoms with E-state index in [1.54, 1.807) is 0 Å². The number of dihydropyridines is 1. The van der Waals surface area contributed by atoms with E-state index >= 15 is 0 Å². The van der Waals surface area contributed by atoms with Crippen LogP contribution in [0, 0.1) is 0 Å². The SMILES string of the molecule is CCCCN(C)C1CC=C2C=CC=NC2C1. The Morgan fingerprint density at radius 1 is 1.50 bits per heavy atom. The van der Waals surface area contributed by atoms with Gasteiger partial charge in [0.25, 0.3) is 0 Å². The van der Waals surface area contributed by atoms with Crippen LogP contribution in [0.2, 0.25) is 0 Å². The van der Waals surface area contributed by atoms with Gasteiger partial charge in [-0.2, -0.15) is 0 Å². The molecule has 0 spiro atoms. The maximum absolute atomic E-state index is 4.56. The molecule has 0 aromatic heterocycles. The summed E-state index contributed by atoms with van der Waals surface area (Å²) in [5.74, 6) is 0. The average molecular weight is 218 g/mol. The molecule has 16 heavy (non-hydrogen) atoms. The second-order valence-corrected chi connectivity index (χ2v) is 4.84. The Kier molecular flexibility index (Phi) is 3.94. The smallest absolute Gasteiger partial charge is 0.0760 e. The molecule has 0 saturated heterocycles. The lowest BCUT2D eigenvalue weighted by Crippen LogP contribution is -2.37. The molecule has 0 amide bonds. The second kappa shape index (κ2) is 5.44. The average Bonchev–Trinajstić information content (AvgIpc) is 2.35. The zero-order chi connectivity index (χ0) is 11.4. The quantitative estimate of drug-likeness (QED) is 0.708. The van der Waals surface area contributed by atoms with Gasteiger partial charge in [0.15, 0.2) is 0 Å². The molecule has 1 aliphatic carbocycles. The minimum absolute atomic E-state index is 0.424. The maximum Gasteiger partial charge on any atom is 0.0760 e. The van der Waals surface area contributed by atoms with E-state index in [0.29, 0.717) is 12.1 Å². The lowest BCUT2D eigenvalue weighted by atomic mass is 9.88. The van der Waals surface area contributed by atoms with Crippen LogP contribution < -0.4 is 0 Å². The highest BCUT2D eigenvalue weighted by atomic mass is 15.1. The highest BCUT2D eigenvalue weighted by molar-refractivity contribution is 5.74. The molecule has 1 heterocycles. The Balaban J connectivity index is 1.93. The molecule has 0 N–H and O–H groups in total. The summed E-state index contributed by atoms with van der Waals surface area (Å²) in [7, 11) is 2.25. The largest absolute Gasteiger partial charge is 0.303 e. The van der Waals surface area contributed by atoms with Gasteiger partial charge < -0.3 is 4.90 Å². The van der Waals surface area contributed by atoms with Crippen molar-refractivity contribution < 1.29 is 0 Å². The lowest BCUT2D eigenvalue weighted by molar-refractivity contribution is 0.217. The zero-order valence-electron chi connectivity index (χ0n) is 10.4. The van der Waals surface area contributed by atoms with E-state index in [0.717, 1.165) is 0 Å². The van der Waals surface area contributed by atoms with Gasteiger partial charge in [-0.1, -0.05) is 25.5 Å². The number of unbranched alkanes of at least 4 members (excludes halogenated alkanes) is 1. The first-order valence-corrected chi connectivity index (χ1v) is 6.41. The van der Waals surface area contributed by atoms with Crippen molar-refractivity contribution >= 4 is 6.21 Å². The van der Waals surface area contributed by atoms with E-state index in [4.69, 9.17) is 0 Å². The summed E-state index contributed by atoms with van der Waals surface area (Å²) in [5.41, 5.74) is 1.42. The molecule has 0 aromatic carbocycles. The zero-order valence-corrected chi connectivity index (χ0v) is 10.4. The Morgan fingerprint density at radius 2 is 2.38 bits per heavy atom. The first-order valence-electron chi connectivity index (χ1n) is 6.41. The topological polar surface area (TPSA) is 15.6 Å². The van der Waals surface area contributed by atoms with Crippen LogP contribution in [0.4, 0.5) is 0 Å². The summed E-state index contributed by atoms with van der Waals surface area (Å²) in [4.78, 5) is 7.06. The molecule has 0 radical (unpaired) electrons. The van der Waals surface area contributed by atoms with Gasteiger partial charge in [-0.05, 0) is 44.5 Å². The van der Waals surface area contributed by atoms with Gasteiger partial charge in [-0.3, -0.25) is 4.99 Å². The van der Waals surface area contributed by atoms with E-state index in [1.165, 1.54) is 37.8 Å². The van der Waals surface area contributed by atoms with E-state index in [-0.39, 0.29) is 0 Å². The Hall–Kier alpha value is -0.890. The Morgan fingerprint density at radius 3 is 3.19 bits per heavy atom. The summed E-state index contributed by atoms with van der Waals surface area (Å²) >= 11 is 0. The van der Waals surface area contributed by atoms with E-state index in [9.17, 15) is 0 Å². The molecular weight excluding hydrogens is 196 g/mol. The lowest BCUT2D eigenvalue weighted by Gasteiger charge is -2.33. The third kappa shape index (κ3) is 2.62. The van der Waals surface area contributed by atoms with Crippen LogP contribution in [0.25, 0.3) is 0 Å². The first-order chi connectivity index (χ1) is 7.81. The van der Waals surface area contributed by atoms with E-state index in [2.05, 4.69) is 36.0 Å². The molecule has 1 aliphatic heterocycles. The minimum atomic E-state index is 0.424. The number of allylic oxidation sites excluding steroid dienone is 1. The van der Waals surface area contributed by atoms with Gasteiger partial charge in [0.1, 0.15) is 0 Å². The molecule has 88 valence electrons. The molecule has 0 bridgehead atoms. The fourth-order valence-corrected chi connectivity index (χ4v) is 2.48. The highest BCUT2D eigenvalue weighted by Gasteiger charge is 2.25. The Labute approximate surface area is 98.7 Å². The maximum atomic E-state index is 4.56. The molecule has 0 aromatic rings. The number of hydrogen-bond donors (Lipinski definition) is 0. The summed E-state index contributed by atoms with van der Waals surface area (Å²) < 4.78 is 0. The molecule has 2 nitrogen and oxygen atoms in total. The van der Waals surface area contributed by atoms with Crippen molar-refractivity contribution in [2.24, 2.45) is 4.99 Å². The van der Waals surface area contributed by atoms with Crippen molar-refractivity contribution in [2.75, 3.05) is 13.6 Å². The first kappa shape index (κ1) is 11.6. The standard InChI is InChI=1S/C14H22N2/c1-3-4-10-16(2)13-8-7-12-6-5-9-15-14(12)11-13/h5-7,9,13-14H,3-4,8,10-11H2,1-2H3. The summed E-state index contributed by atoms with van der Waals surface area (Å²) in [6, 6.07) is 1.11. The van der Waals surface area contributed by atoms with Crippen molar-refractivity contribution in [2.45, 2.75) is 44.7 Å². The van der Waals surface area contributed by atoms with Crippen molar-refractivity contribution in [3.8, 4) is 0 Å². The predicted octanol–water partition coefficient (Wildman–Crippen LogP) is 2.82. The molecule has 2 atom stereocenters. The van der Waals surface area contributed by atoms with E-state index < -0.39 is 0 Å². The summed E-state index contributed by atoms with van der Waals surface area (Å²) in [6.07, 6.45) is 13.5. The van der Waals surface area contributed by atoms with Crippen molar-refractivity contribution in [3.05, 3.63) is 23.8 Å². The van der Waals surface area contributed by atoms with Crippen LogP contribution >= 0.6 is 0 Å². The normalized spacial score (nSPS) is 28.1. The van der Waals surface area contributed by atoms with Gasteiger partial charge in [-0.25, -0.2) is 0 Å². The number of fused-ring (bicyclic) bond motifs is 1. The molecule has 2 aliphatic rings. The third-order valence-electron chi connectivity index (χ3n) is 3.63. The number of nitrogens with zero attached hydrogens (tertiary/aromatic N) is 2. The number of rotatable bonds is 4. The van der Waals surface area contributed by atoms with Crippen LogP contribution in [0.5, 0.6) is 0 Å². The van der Waals surface area contributed by atoms with Crippen LogP contribution in [-0.4, -0.2) is 36.8 Å². The van der Waals surface area contributed by atoms with Gasteiger partial charge in [0.2, 0.25) is 0 Å². The molecule has 2 unspecified atom stereocenters. The number of aliphatic imine (C=N–C) groups is 1. The predicted molar refractivity (Wildman–Crippen MR) is 70.1 cm³/mol. The fourth-order valence-electron chi connectivity index (χ4n) is 2.48. The van der Waals surface area contributed by atoms with Gasteiger partial charge in [0.05, 0.1) is 6.04 Å². The highest BCUT2D eigenvalue weighted by Crippen LogP contribution is 2.27. The van der Waals surface area contributed by atoms with Crippen LogP contribution in [0.1, 0.15) is 32.6 Å². The van der Waals surface area contributed by atoms with Gasteiger partial charge in [-0.15, -0.1) is 0 Å². The minimum Gasteiger partial charge on any atom is -0.303 e.